The van der Waals surface area contributed by atoms with Gasteiger partial charge >= 0.3 is 0 Å². The monoisotopic (exact) mass is 316 g/mol. The molecule has 0 bridgehead atoms. The maximum Gasteiger partial charge on any atom is 0.222 e. The molecule has 2 aliphatic rings. The van der Waals surface area contributed by atoms with Gasteiger partial charge in [0.1, 0.15) is 0 Å². The Kier molecular flexibility index (Phi) is 5.62. The number of hydrogen-bond acceptors (Lipinski definition) is 4. The summed E-state index contributed by atoms with van der Waals surface area (Å²) in [5.41, 5.74) is 7.47. The molecule has 2 fully saturated rings. The quantitative estimate of drug-likeness (QED) is 0.917. The van der Waals surface area contributed by atoms with Crippen molar-refractivity contribution < 1.29 is 4.79 Å². The number of nitrogens with zero attached hydrogens (tertiary/aromatic N) is 3. The summed E-state index contributed by atoms with van der Waals surface area (Å²) in [7, 11) is 0. The second-order valence-corrected chi connectivity index (χ2v) is 6.92. The van der Waals surface area contributed by atoms with E-state index in [-0.39, 0.29) is 6.04 Å². The highest BCUT2D eigenvalue weighted by Gasteiger charge is 2.28. The lowest BCUT2D eigenvalue weighted by Crippen LogP contribution is -2.49. The SMILES string of the molecule is NC1CCCCC1CC(=O)N1CCN(Cc2ccncc2)CC1. The Labute approximate surface area is 138 Å². The Balaban J connectivity index is 1.44. The van der Waals surface area contributed by atoms with Gasteiger partial charge in [-0.15, -0.1) is 0 Å². The van der Waals surface area contributed by atoms with Crippen molar-refractivity contribution in [3.05, 3.63) is 30.1 Å². The molecule has 2 unspecified atom stereocenters. The molecule has 23 heavy (non-hydrogen) atoms. The highest BCUT2D eigenvalue weighted by molar-refractivity contribution is 5.76. The standard InChI is InChI=1S/C18H28N4O/c19-17-4-2-1-3-16(17)13-18(23)22-11-9-21(10-12-22)14-15-5-7-20-8-6-15/h5-8,16-17H,1-4,9-14,19H2. The van der Waals surface area contributed by atoms with E-state index in [1.54, 1.807) is 0 Å². The lowest BCUT2D eigenvalue weighted by Gasteiger charge is -2.36. The summed E-state index contributed by atoms with van der Waals surface area (Å²) in [6, 6.07) is 4.34. The van der Waals surface area contributed by atoms with Gasteiger partial charge in [-0.1, -0.05) is 12.8 Å². The minimum atomic E-state index is 0.223. The molecule has 1 amide bonds. The van der Waals surface area contributed by atoms with E-state index >= 15 is 0 Å². The van der Waals surface area contributed by atoms with Gasteiger partial charge in [0.25, 0.3) is 0 Å². The van der Waals surface area contributed by atoms with E-state index in [9.17, 15) is 4.79 Å². The third-order valence-electron chi connectivity index (χ3n) is 5.29. The smallest absolute Gasteiger partial charge is 0.222 e. The minimum Gasteiger partial charge on any atom is -0.340 e. The molecule has 0 aromatic carbocycles. The van der Waals surface area contributed by atoms with Crippen LogP contribution in [0.25, 0.3) is 0 Å². The Morgan fingerprint density at radius 1 is 1.13 bits per heavy atom. The van der Waals surface area contributed by atoms with Gasteiger partial charge in [-0.2, -0.15) is 0 Å². The largest absolute Gasteiger partial charge is 0.340 e. The van der Waals surface area contributed by atoms with Crippen molar-refractivity contribution in [2.24, 2.45) is 11.7 Å². The maximum absolute atomic E-state index is 12.5. The topological polar surface area (TPSA) is 62.5 Å². The molecule has 1 aromatic rings. The van der Waals surface area contributed by atoms with Gasteiger partial charge in [0.2, 0.25) is 5.91 Å². The molecule has 1 saturated heterocycles. The zero-order chi connectivity index (χ0) is 16.1. The maximum atomic E-state index is 12.5. The number of carbonyl (C=O) groups is 1. The number of hydrogen-bond donors (Lipinski definition) is 1. The van der Waals surface area contributed by atoms with E-state index in [2.05, 4.69) is 22.0 Å². The average Bonchev–Trinajstić information content (AvgIpc) is 2.58. The first kappa shape index (κ1) is 16.4. The van der Waals surface area contributed by atoms with Gasteiger partial charge in [0, 0.05) is 57.6 Å². The molecule has 126 valence electrons. The number of aromatic nitrogens is 1. The summed E-state index contributed by atoms with van der Waals surface area (Å²) in [6.07, 6.45) is 8.97. The van der Waals surface area contributed by atoms with E-state index in [0.717, 1.165) is 45.6 Å². The van der Waals surface area contributed by atoms with Gasteiger partial charge in [-0.05, 0) is 36.5 Å². The van der Waals surface area contributed by atoms with E-state index in [0.29, 0.717) is 18.2 Å². The summed E-state index contributed by atoms with van der Waals surface area (Å²) >= 11 is 0. The van der Waals surface area contributed by atoms with Crippen LogP contribution >= 0.6 is 0 Å². The molecular weight excluding hydrogens is 288 g/mol. The third-order valence-corrected chi connectivity index (χ3v) is 5.29. The van der Waals surface area contributed by atoms with Crippen LogP contribution in [0.2, 0.25) is 0 Å². The predicted molar refractivity (Wildman–Crippen MR) is 90.6 cm³/mol. The molecular formula is C18H28N4O. The van der Waals surface area contributed by atoms with Gasteiger partial charge in [-0.25, -0.2) is 0 Å². The Morgan fingerprint density at radius 2 is 1.83 bits per heavy atom. The number of amides is 1. The van der Waals surface area contributed by atoms with Crippen LogP contribution in [0.4, 0.5) is 0 Å². The van der Waals surface area contributed by atoms with Crippen LogP contribution in [0.15, 0.2) is 24.5 Å². The van der Waals surface area contributed by atoms with Gasteiger partial charge < -0.3 is 10.6 Å². The van der Waals surface area contributed by atoms with Crippen LogP contribution in [0, 0.1) is 5.92 Å². The number of carbonyl (C=O) groups excluding carboxylic acids is 1. The van der Waals surface area contributed by atoms with Crippen molar-refractivity contribution in [2.45, 2.75) is 44.7 Å². The fourth-order valence-corrected chi connectivity index (χ4v) is 3.74. The molecule has 0 spiro atoms. The van der Waals surface area contributed by atoms with Crippen molar-refractivity contribution in [2.75, 3.05) is 26.2 Å². The zero-order valence-corrected chi connectivity index (χ0v) is 13.9. The summed E-state index contributed by atoms with van der Waals surface area (Å²) in [4.78, 5) is 21.0. The minimum absolute atomic E-state index is 0.223. The first-order valence-corrected chi connectivity index (χ1v) is 8.87. The van der Waals surface area contributed by atoms with Gasteiger partial charge in [0.15, 0.2) is 0 Å². The van der Waals surface area contributed by atoms with Crippen molar-refractivity contribution in [3.8, 4) is 0 Å². The number of rotatable bonds is 4. The van der Waals surface area contributed by atoms with E-state index in [1.807, 2.05) is 17.3 Å². The third kappa shape index (κ3) is 4.52. The molecule has 2 atom stereocenters. The molecule has 1 aliphatic carbocycles. The van der Waals surface area contributed by atoms with Crippen molar-refractivity contribution in [1.82, 2.24) is 14.8 Å². The summed E-state index contributed by atoms with van der Waals surface area (Å²) in [5.74, 6) is 0.696. The van der Waals surface area contributed by atoms with Crippen LogP contribution in [0.3, 0.4) is 0 Å². The molecule has 5 nitrogen and oxygen atoms in total. The zero-order valence-electron chi connectivity index (χ0n) is 13.9. The molecule has 2 N–H and O–H groups in total. The van der Waals surface area contributed by atoms with Crippen LogP contribution in [0.1, 0.15) is 37.7 Å². The van der Waals surface area contributed by atoms with Crippen LogP contribution in [0.5, 0.6) is 0 Å². The highest BCUT2D eigenvalue weighted by Crippen LogP contribution is 2.26. The first-order valence-electron chi connectivity index (χ1n) is 8.87. The second-order valence-electron chi connectivity index (χ2n) is 6.92. The van der Waals surface area contributed by atoms with Crippen LogP contribution < -0.4 is 5.73 Å². The molecule has 1 aliphatic heterocycles. The lowest BCUT2D eigenvalue weighted by molar-refractivity contribution is -0.134. The summed E-state index contributed by atoms with van der Waals surface area (Å²) in [5, 5.41) is 0. The fraction of sp³-hybridized carbons (Fsp3) is 0.667. The van der Waals surface area contributed by atoms with Crippen molar-refractivity contribution in [1.29, 1.82) is 0 Å². The van der Waals surface area contributed by atoms with Crippen LogP contribution in [-0.2, 0) is 11.3 Å². The second kappa shape index (κ2) is 7.88. The number of piperazine rings is 1. The highest BCUT2D eigenvalue weighted by atomic mass is 16.2. The molecule has 5 heteroatoms. The number of pyridine rings is 1. The Bertz CT molecular complexity index is 499. The summed E-state index contributed by atoms with van der Waals surface area (Å²) in [6.45, 7) is 4.52. The molecule has 3 rings (SSSR count). The van der Waals surface area contributed by atoms with Crippen molar-refractivity contribution >= 4 is 5.91 Å². The first-order chi connectivity index (χ1) is 11.2. The normalized spacial score (nSPS) is 26.2. The molecule has 1 saturated carbocycles. The molecule has 2 heterocycles. The van der Waals surface area contributed by atoms with E-state index in [4.69, 9.17) is 5.73 Å². The summed E-state index contributed by atoms with van der Waals surface area (Å²) < 4.78 is 0. The Morgan fingerprint density at radius 3 is 2.52 bits per heavy atom. The molecule has 0 radical (unpaired) electrons. The fourth-order valence-electron chi connectivity index (χ4n) is 3.74. The van der Waals surface area contributed by atoms with E-state index in [1.165, 1.54) is 18.4 Å². The predicted octanol–water partition coefficient (Wildman–Crippen LogP) is 1.63. The Hall–Kier alpha value is -1.46. The molecule has 1 aromatic heterocycles. The average molecular weight is 316 g/mol. The van der Waals surface area contributed by atoms with E-state index < -0.39 is 0 Å². The van der Waals surface area contributed by atoms with Crippen LogP contribution in [-0.4, -0.2) is 52.9 Å². The lowest BCUT2D eigenvalue weighted by atomic mass is 9.82. The van der Waals surface area contributed by atoms with Gasteiger partial charge in [0.05, 0.1) is 0 Å². The number of nitrogens with two attached hydrogens (primary N) is 1. The van der Waals surface area contributed by atoms with Gasteiger partial charge in [-0.3, -0.25) is 14.7 Å². The van der Waals surface area contributed by atoms with Crippen molar-refractivity contribution in [3.63, 3.8) is 0 Å².